The minimum atomic E-state index is 0.122. The van der Waals surface area contributed by atoms with Gasteiger partial charge in [-0.05, 0) is 47.0 Å². The molecule has 1 aliphatic carbocycles. The number of hydrogen-bond acceptors (Lipinski definition) is 2. The summed E-state index contributed by atoms with van der Waals surface area (Å²) in [7, 11) is 1.62. The summed E-state index contributed by atoms with van der Waals surface area (Å²) in [5.74, 6) is 1.10. The minimum Gasteiger partial charge on any atom is -0.497 e. The third kappa shape index (κ3) is 2.38. The molecule has 0 spiro atoms. The Bertz CT molecular complexity index is 402. The van der Waals surface area contributed by atoms with Gasteiger partial charge in [0.15, 0.2) is 0 Å². The highest BCUT2D eigenvalue weighted by molar-refractivity contribution is 9.10. The van der Waals surface area contributed by atoms with Crippen LogP contribution in [-0.2, 0) is 4.79 Å². The summed E-state index contributed by atoms with van der Waals surface area (Å²) in [5.41, 5.74) is 0.803. The minimum absolute atomic E-state index is 0.122. The van der Waals surface area contributed by atoms with Crippen molar-refractivity contribution >= 4 is 27.5 Å². The van der Waals surface area contributed by atoms with E-state index in [-0.39, 0.29) is 11.8 Å². The van der Waals surface area contributed by atoms with Gasteiger partial charge >= 0.3 is 0 Å². The Hall–Kier alpha value is -1.03. The molecule has 1 aromatic rings. The van der Waals surface area contributed by atoms with Crippen LogP contribution in [0.3, 0.4) is 0 Å². The first-order valence-corrected chi connectivity index (χ1v) is 6.14. The number of halogens is 1. The quantitative estimate of drug-likeness (QED) is 0.925. The van der Waals surface area contributed by atoms with Crippen LogP contribution in [0.25, 0.3) is 0 Å². The molecule has 4 heteroatoms. The van der Waals surface area contributed by atoms with Crippen LogP contribution in [0.15, 0.2) is 22.7 Å². The van der Waals surface area contributed by atoms with Crippen molar-refractivity contribution in [2.45, 2.75) is 19.3 Å². The third-order valence-corrected chi connectivity index (χ3v) is 3.57. The molecule has 1 N–H and O–H groups in total. The second kappa shape index (κ2) is 4.87. The zero-order valence-electron chi connectivity index (χ0n) is 9.13. The first kappa shape index (κ1) is 11.5. The first-order chi connectivity index (χ1) is 7.70. The summed E-state index contributed by atoms with van der Waals surface area (Å²) in [4.78, 5) is 11.7. The van der Waals surface area contributed by atoms with Crippen LogP contribution in [0.2, 0.25) is 0 Å². The topological polar surface area (TPSA) is 38.3 Å². The maximum atomic E-state index is 11.7. The molecule has 0 atom stereocenters. The van der Waals surface area contributed by atoms with Gasteiger partial charge < -0.3 is 10.1 Å². The lowest BCUT2D eigenvalue weighted by atomic mass is 9.85. The second-order valence-corrected chi connectivity index (χ2v) is 4.82. The van der Waals surface area contributed by atoms with E-state index in [0.717, 1.165) is 28.8 Å². The Kier molecular flexibility index (Phi) is 3.49. The summed E-state index contributed by atoms with van der Waals surface area (Å²) in [6, 6.07) is 5.52. The van der Waals surface area contributed by atoms with Crippen molar-refractivity contribution in [1.82, 2.24) is 0 Å². The molecule has 2 rings (SSSR count). The van der Waals surface area contributed by atoms with Gasteiger partial charge in [-0.25, -0.2) is 0 Å². The van der Waals surface area contributed by atoms with E-state index in [4.69, 9.17) is 4.74 Å². The number of carbonyl (C=O) groups is 1. The van der Waals surface area contributed by atoms with Crippen molar-refractivity contribution in [2.75, 3.05) is 12.4 Å². The Morgan fingerprint density at radius 2 is 2.25 bits per heavy atom. The van der Waals surface area contributed by atoms with Crippen LogP contribution in [0.5, 0.6) is 5.75 Å². The lowest BCUT2D eigenvalue weighted by molar-refractivity contribution is -0.122. The van der Waals surface area contributed by atoms with Crippen LogP contribution in [-0.4, -0.2) is 13.0 Å². The molecule has 0 unspecified atom stereocenters. The van der Waals surface area contributed by atoms with Crippen LogP contribution in [0, 0.1) is 5.92 Å². The highest BCUT2D eigenvalue weighted by Crippen LogP contribution is 2.31. The molecular formula is C12H14BrNO2. The predicted octanol–water partition coefficient (Wildman–Crippen LogP) is 3.20. The molecule has 16 heavy (non-hydrogen) atoms. The van der Waals surface area contributed by atoms with Crippen molar-refractivity contribution in [3.63, 3.8) is 0 Å². The number of rotatable bonds is 3. The van der Waals surface area contributed by atoms with Gasteiger partial charge in [-0.15, -0.1) is 0 Å². The Balaban J connectivity index is 2.06. The van der Waals surface area contributed by atoms with Crippen LogP contribution in [0.4, 0.5) is 5.69 Å². The van der Waals surface area contributed by atoms with Crippen molar-refractivity contribution in [1.29, 1.82) is 0 Å². The normalized spacial score (nSPS) is 15.4. The van der Waals surface area contributed by atoms with Gasteiger partial charge in [-0.2, -0.15) is 0 Å². The van der Waals surface area contributed by atoms with Crippen LogP contribution < -0.4 is 10.1 Å². The van der Waals surface area contributed by atoms with Gasteiger partial charge in [0.2, 0.25) is 5.91 Å². The molecule has 86 valence electrons. The summed E-state index contributed by atoms with van der Waals surface area (Å²) in [5, 5.41) is 2.92. The number of methoxy groups -OCH3 is 1. The van der Waals surface area contributed by atoms with Gasteiger partial charge in [0.05, 0.1) is 12.8 Å². The smallest absolute Gasteiger partial charge is 0.227 e. The average Bonchev–Trinajstić information content (AvgIpc) is 2.18. The van der Waals surface area contributed by atoms with Crippen LogP contribution in [0.1, 0.15) is 19.3 Å². The van der Waals surface area contributed by atoms with E-state index in [2.05, 4.69) is 21.2 Å². The zero-order chi connectivity index (χ0) is 11.5. The molecule has 3 nitrogen and oxygen atoms in total. The Morgan fingerprint density at radius 3 is 2.75 bits per heavy atom. The largest absolute Gasteiger partial charge is 0.497 e. The van der Waals surface area contributed by atoms with Gasteiger partial charge in [0, 0.05) is 10.4 Å². The number of benzene rings is 1. The van der Waals surface area contributed by atoms with E-state index in [1.807, 2.05) is 18.2 Å². The average molecular weight is 284 g/mol. The first-order valence-electron chi connectivity index (χ1n) is 5.35. The van der Waals surface area contributed by atoms with E-state index in [1.54, 1.807) is 7.11 Å². The molecule has 0 saturated heterocycles. The molecule has 0 aliphatic heterocycles. The van der Waals surface area contributed by atoms with Gasteiger partial charge in [0.1, 0.15) is 5.75 Å². The number of hydrogen-bond donors (Lipinski definition) is 1. The molecule has 1 fully saturated rings. The van der Waals surface area contributed by atoms with E-state index in [9.17, 15) is 4.79 Å². The zero-order valence-corrected chi connectivity index (χ0v) is 10.7. The molecule has 1 amide bonds. The maximum Gasteiger partial charge on any atom is 0.227 e. The van der Waals surface area contributed by atoms with Crippen molar-refractivity contribution in [3.8, 4) is 5.75 Å². The molecule has 1 aromatic carbocycles. The number of amides is 1. The standard InChI is InChI=1S/C12H14BrNO2/c1-16-9-5-6-11(10(13)7-9)14-12(15)8-3-2-4-8/h5-8H,2-4H2,1H3,(H,14,15). The van der Waals surface area contributed by atoms with E-state index < -0.39 is 0 Å². The number of carbonyl (C=O) groups excluding carboxylic acids is 1. The molecule has 1 saturated carbocycles. The SMILES string of the molecule is COc1ccc(NC(=O)C2CCC2)c(Br)c1. The monoisotopic (exact) mass is 283 g/mol. The molecule has 0 aromatic heterocycles. The van der Waals surface area contributed by atoms with E-state index in [0.29, 0.717) is 0 Å². The van der Waals surface area contributed by atoms with Crippen molar-refractivity contribution in [2.24, 2.45) is 5.92 Å². The molecule has 0 radical (unpaired) electrons. The molecular weight excluding hydrogens is 270 g/mol. The summed E-state index contributed by atoms with van der Waals surface area (Å²) in [6.45, 7) is 0. The van der Waals surface area contributed by atoms with Crippen molar-refractivity contribution in [3.05, 3.63) is 22.7 Å². The summed E-state index contributed by atoms with van der Waals surface area (Å²) in [6.07, 6.45) is 3.20. The third-order valence-electron chi connectivity index (χ3n) is 2.91. The molecule has 0 heterocycles. The maximum absolute atomic E-state index is 11.7. The number of anilines is 1. The lowest BCUT2D eigenvalue weighted by Crippen LogP contribution is -2.28. The number of nitrogens with one attached hydrogen (secondary N) is 1. The highest BCUT2D eigenvalue weighted by atomic mass is 79.9. The summed E-state index contributed by atoms with van der Waals surface area (Å²) < 4.78 is 5.94. The van der Waals surface area contributed by atoms with E-state index in [1.165, 1.54) is 6.42 Å². The van der Waals surface area contributed by atoms with Gasteiger partial charge in [-0.1, -0.05) is 6.42 Å². The highest BCUT2D eigenvalue weighted by Gasteiger charge is 2.25. The second-order valence-electron chi connectivity index (χ2n) is 3.96. The lowest BCUT2D eigenvalue weighted by Gasteiger charge is -2.24. The Labute approximate surface area is 103 Å². The van der Waals surface area contributed by atoms with Crippen molar-refractivity contribution < 1.29 is 9.53 Å². The van der Waals surface area contributed by atoms with E-state index >= 15 is 0 Å². The predicted molar refractivity (Wildman–Crippen MR) is 66.7 cm³/mol. The van der Waals surface area contributed by atoms with Gasteiger partial charge in [-0.3, -0.25) is 4.79 Å². The Morgan fingerprint density at radius 1 is 1.50 bits per heavy atom. The van der Waals surface area contributed by atoms with Crippen LogP contribution >= 0.6 is 15.9 Å². The fourth-order valence-electron chi connectivity index (χ4n) is 1.63. The fraction of sp³-hybridized carbons (Fsp3) is 0.417. The number of ether oxygens (including phenoxy) is 1. The van der Waals surface area contributed by atoms with Gasteiger partial charge in [0.25, 0.3) is 0 Å². The summed E-state index contributed by atoms with van der Waals surface area (Å²) >= 11 is 3.41. The molecule has 0 bridgehead atoms. The fourth-order valence-corrected chi connectivity index (χ4v) is 2.09. The molecule has 1 aliphatic rings.